The molecule has 0 saturated heterocycles. The van der Waals surface area contributed by atoms with Gasteiger partial charge in [-0.15, -0.1) is 11.8 Å². The SMILES string of the molecule is CCSc1c(-c2cccc(F)c2F)c(-c2ccccc2)nn1C[C@H]1CC[C@H](COCC(=O)O)CC1. The van der Waals surface area contributed by atoms with E-state index in [1.165, 1.54) is 6.07 Å². The van der Waals surface area contributed by atoms with Gasteiger partial charge in [0.1, 0.15) is 17.3 Å². The smallest absolute Gasteiger partial charge is 0.329 e. The minimum absolute atomic E-state index is 0.227. The molecule has 5 nitrogen and oxygen atoms in total. The van der Waals surface area contributed by atoms with Gasteiger partial charge in [0.05, 0.1) is 6.61 Å². The van der Waals surface area contributed by atoms with Crippen molar-refractivity contribution in [1.29, 1.82) is 0 Å². The molecule has 1 N–H and O–H groups in total. The van der Waals surface area contributed by atoms with Crippen LogP contribution in [0.3, 0.4) is 0 Å². The van der Waals surface area contributed by atoms with Crippen LogP contribution in [0, 0.1) is 23.5 Å². The van der Waals surface area contributed by atoms with Crippen LogP contribution < -0.4 is 0 Å². The summed E-state index contributed by atoms with van der Waals surface area (Å²) in [7, 11) is 0. The number of hydrogen-bond donors (Lipinski definition) is 1. The molecule has 0 bridgehead atoms. The number of rotatable bonds is 10. The van der Waals surface area contributed by atoms with Crippen LogP contribution in [0.25, 0.3) is 22.4 Å². The Bertz CT molecular complexity index is 1140. The number of carboxylic acids is 1. The number of hydrogen-bond acceptors (Lipinski definition) is 4. The summed E-state index contributed by atoms with van der Waals surface area (Å²) < 4.78 is 36.5. The second-order valence-electron chi connectivity index (χ2n) is 8.91. The van der Waals surface area contributed by atoms with Gasteiger partial charge in [0.15, 0.2) is 11.6 Å². The van der Waals surface area contributed by atoms with Crippen LogP contribution in [0.4, 0.5) is 8.78 Å². The van der Waals surface area contributed by atoms with Gasteiger partial charge in [0.2, 0.25) is 0 Å². The number of ether oxygens (including phenoxy) is 1. The monoisotopic (exact) mass is 500 g/mol. The van der Waals surface area contributed by atoms with Gasteiger partial charge in [-0.2, -0.15) is 5.10 Å². The summed E-state index contributed by atoms with van der Waals surface area (Å²) in [5.41, 5.74) is 2.38. The lowest BCUT2D eigenvalue weighted by Crippen LogP contribution is -2.23. The van der Waals surface area contributed by atoms with Crippen molar-refractivity contribution in [3.05, 3.63) is 60.2 Å². The molecule has 0 spiro atoms. The summed E-state index contributed by atoms with van der Waals surface area (Å²) in [6.07, 6.45) is 3.92. The van der Waals surface area contributed by atoms with E-state index in [1.54, 1.807) is 17.8 Å². The van der Waals surface area contributed by atoms with E-state index in [9.17, 15) is 13.6 Å². The number of aromatic nitrogens is 2. The molecule has 2 aromatic carbocycles. The second kappa shape index (κ2) is 11.8. The van der Waals surface area contributed by atoms with E-state index in [4.69, 9.17) is 14.9 Å². The second-order valence-corrected chi connectivity index (χ2v) is 10.2. The van der Waals surface area contributed by atoms with Gasteiger partial charge in [-0.05, 0) is 49.3 Å². The number of nitrogens with zero attached hydrogens (tertiary/aromatic N) is 2. The molecule has 4 rings (SSSR count). The number of aliphatic carboxylic acids is 1. The van der Waals surface area contributed by atoms with E-state index in [0.29, 0.717) is 36.2 Å². The lowest BCUT2D eigenvalue weighted by molar-refractivity contribution is -0.142. The van der Waals surface area contributed by atoms with E-state index >= 15 is 0 Å². The predicted molar refractivity (Wildman–Crippen MR) is 133 cm³/mol. The fourth-order valence-electron chi connectivity index (χ4n) is 4.73. The Labute approximate surface area is 208 Å². The van der Waals surface area contributed by atoms with Gasteiger partial charge < -0.3 is 9.84 Å². The molecule has 0 amide bonds. The zero-order chi connectivity index (χ0) is 24.8. The highest BCUT2D eigenvalue weighted by atomic mass is 32.2. The molecule has 0 aliphatic heterocycles. The van der Waals surface area contributed by atoms with E-state index in [0.717, 1.165) is 48.1 Å². The molecule has 3 aromatic rings. The van der Waals surface area contributed by atoms with Crippen LogP contribution in [0.1, 0.15) is 32.6 Å². The highest BCUT2D eigenvalue weighted by molar-refractivity contribution is 7.99. The van der Waals surface area contributed by atoms with E-state index < -0.39 is 17.6 Å². The fourth-order valence-corrected chi connectivity index (χ4v) is 5.62. The van der Waals surface area contributed by atoms with Crippen LogP contribution in [-0.2, 0) is 16.1 Å². The predicted octanol–water partition coefficient (Wildman–Crippen LogP) is 6.51. The summed E-state index contributed by atoms with van der Waals surface area (Å²) in [5.74, 6) is -1.13. The topological polar surface area (TPSA) is 64.4 Å². The third kappa shape index (κ3) is 6.11. The number of benzene rings is 2. The summed E-state index contributed by atoms with van der Waals surface area (Å²) in [5, 5.41) is 14.6. The number of halogens is 2. The zero-order valence-corrected chi connectivity index (χ0v) is 20.6. The lowest BCUT2D eigenvalue weighted by atomic mass is 9.82. The van der Waals surface area contributed by atoms with Crippen molar-refractivity contribution in [3.63, 3.8) is 0 Å². The highest BCUT2D eigenvalue weighted by Crippen LogP contribution is 2.42. The van der Waals surface area contributed by atoms with Crippen molar-refractivity contribution in [2.24, 2.45) is 11.8 Å². The molecule has 1 aromatic heterocycles. The molecule has 0 unspecified atom stereocenters. The van der Waals surface area contributed by atoms with Crippen LogP contribution >= 0.6 is 11.8 Å². The standard InChI is InChI=1S/C27H30F2N2O3S/c1-2-35-27-24(21-9-6-10-22(28)25(21)29)26(20-7-4-3-5-8-20)30-31(27)15-18-11-13-19(14-12-18)16-34-17-23(32)33/h3-10,18-19H,2,11-17H2,1H3,(H,32,33)/t18-,19-. The third-order valence-electron chi connectivity index (χ3n) is 6.43. The largest absolute Gasteiger partial charge is 0.480 e. The quantitative estimate of drug-likeness (QED) is 0.321. The van der Waals surface area contributed by atoms with E-state index in [-0.39, 0.29) is 12.2 Å². The fraction of sp³-hybridized carbons (Fsp3) is 0.407. The molecule has 0 radical (unpaired) electrons. The van der Waals surface area contributed by atoms with Crippen molar-refractivity contribution in [2.75, 3.05) is 19.0 Å². The molecule has 1 saturated carbocycles. The maximum atomic E-state index is 15.0. The molecule has 1 aliphatic rings. The Morgan fingerprint density at radius 1 is 1.09 bits per heavy atom. The maximum absolute atomic E-state index is 15.0. The van der Waals surface area contributed by atoms with E-state index in [2.05, 4.69) is 0 Å². The molecule has 1 aliphatic carbocycles. The molecule has 186 valence electrons. The summed E-state index contributed by atoms with van der Waals surface area (Å²) in [6, 6.07) is 13.9. The Kier molecular flexibility index (Phi) is 8.57. The first kappa shape index (κ1) is 25.4. The average Bonchev–Trinajstić information content (AvgIpc) is 3.20. The molecular formula is C27H30F2N2O3S. The zero-order valence-electron chi connectivity index (χ0n) is 19.8. The number of carbonyl (C=O) groups is 1. The maximum Gasteiger partial charge on any atom is 0.329 e. The van der Waals surface area contributed by atoms with Gasteiger partial charge in [0, 0.05) is 23.2 Å². The Hall–Kier alpha value is -2.71. The van der Waals surface area contributed by atoms with E-state index in [1.807, 2.05) is 41.9 Å². The number of thioether (sulfide) groups is 1. The van der Waals surface area contributed by atoms with Gasteiger partial charge >= 0.3 is 5.97 Å². The van der Waals surface area contributed by atoms with Crippen LogP contribution in [0.2, 0.25) is 0 Å². The Morgan fingerprint density at radius 2 is 1.80 bits per heavy atom. The molecule has 1 heterocycles. The van der Waals surface area contributed by atoms with Crippen LogP contribution in [0.5, 0.6) is 0 Å². The van der Waals surface area contributed by atoms with Gasteiger partial charge in [0.25, 0.3) is 0 Å². The highest BCUT2D eigenvalue weighted by Gasteiger charge is 2.27. The normalized spacial score (nSPS) is 18.0. The van der Waals surface area contributed by atoms with Crippen molar-refractivity contribution < 1.29 is 23.4 Å². The molecule has 0 atom stereocenters. The third-order valence-corrected chi connectivity index (χ3v) is 7.41. The first-order valence-electron chi connectivity index (χ1n) is 12.0. The average molecular weight is 501 g/mol. The van der Waals surface area contributed by atoms with Gasteiger partial charge in [-0.1, -0.05) is 49.4 Å². The summed E-state index contributed by atoms with van der Waals surface area (Å²) >= 11 is 1.59. The van der Waals surface area contributed by atoms with Gasteiger partial charge in [-0.3, -0.25) is 4.68 Å². The van der Waals surface area contributed by atoms with Crippen LogP contribution in [-0.4, -0.2) is 39.8 Å². The van der Waals surface area contributed by atoms with Crippen molar-refractivity contribution in [3.8, 4) is 22.4 Å². The minimum atomic E-state index is -0.946. The van der Waals surface area contributed by atoms with Gasteiger partial charge in [-0.25, -0.2) is 13.6 Å². The van der Waals surface area contributed by atoms with Crippen molar-refractivity contribution in [2.45, 2.75) is 44.2 Å². The Balaban J connectivity index is 1.62. The Morgan fingerprint density at radius 3 is 2.49 bits per heavy atom. The molecular weight excluding hydrogens is 470 g/mol. The molecule has 8 heteroatoms. The molecule has 35 heavy (non-hydrogen) atoms. The van der Waals surface area contributed by atoms with Crippen molar-refractivity contribution >= 4 is 17.7 Å². The lowest BCUT2D eigenvalue weighted by Gasteiger charge is -2.28. The summed E-state index contributed by atoms with van der Waals surface area (Å²) in [4.78, 5) is 10.7. The molecule has 1 fully saturated rings. The first-order chi connectivity index (χ1) is 17.0. The van der Waals surface area contributed by atoms with Crippen LogP contribution in [0.15, 0.2) is 53.6 Å². The summed E-state index contributed by atoms with van der Waals surface area (Å²) in [6.45, 7) is 2.95. The first-order valence-corrected chi connectivity index (χ1v) is 13.0. The van der Waals surface area contributed by atoms with Crippen molar-refractivity contribution in [1.82, 2.24) is 9.78 Å². The minimum Gasteiger partial charge on any atom is -0.480 e. The number of carboxylic acid groups (broad SMARTS) is 1.